The van der Waals surface area contributed by atoms with Gasteiger partial charge >= 0.3 is 0 Å². The van der Waals surface area contributed by atoms with Crippen LogP contribution in [0.5, 0.6) is 0 Å². The zero-order chi connectivity index (χ0) is 15.4. The van der Waals surface area contributed by atoms with Crippen molar-refractivity contribution in [1.82, 2.24) is 5.32 Å². The van der Waals surface area contributed by atoms with E-state index in [0.29, 0.717) is 6.54 Å². The van der Waals surface area contributed by atoms with E-state index in [2.05, 4.69) is 11.4 Å². The van der Waals surface area contributed by atoms with Crippen LogP contribution in [0.3, 0.4) is 0 Å². The summed E-state index contributed by atoms with van der Waals surface area (Å²) < 4.78 is 13.9. The number of carbonyl (C=O) groups is 1. The molecule has 0 bridgehead atoms. The molecule has 1 aliphatic carbocycles. The summed E-state index contributed by atoms with van der Waals surface area (Å²) in [6.07, 6.45) is 6.15. The van der Waals surface area contributed by atoms with Crippen LogP contribution in [-0.4, -0.2) is 17.4 Å². The van der Waals surface area contributed by atoms with Gasteiger partial charge in [-0.15, -0.1) is 0 Å². The van der Waals surface area contributed by atoms with E-state index in [4.69, 9.17) is 0 Å². The zero-order valence-electron chi connectivity index (χ0n) is 11.8. The lowest BCUT2D eigenvalue weighted by Gasteiger charge is -2.08. The standard InChI is InChI=1S/C15H17FN2O3/c1-10-8-12(18(20)21)9-13(14(10)16)15(19)17-7-6-11-4-2-3-5-11/h4,8-9H,2-3,5-7H2,1H3,(H,17,19). The second-order valence-electron chi connectivity index (χ2n) is 5.14. The first-order valence-electron chi connectivity index (χ1n) is 6.89. The third-order valence-electron chi connectivity index (χ3n) is 3.56. The normalized spacial score (nSPS) is 13.9. The Labute approximate surface area is 122 Å². The van der Waals surface area contributed by atoms with Crippen LogP contribution in [0.15, 0.2) is 23.8 Å². The quantitative estimate of drug-likeness (QED) is 0.514. The molecular formula is C15H17FN2O3. The summed E-state index contributed by atoms with van der Waals surface area (Å²) in [5.41, 5.74) is 0.832. The molecule has 1 N–H and O–H groups in total. The second-order valence-corrected chi connectivity index (χ2v) is 5.14. The van der Waals surface area contributed by atoms with Gasteiger partial charge in [-0.1, -0.05) is 11.6 Å². The molecule has 6 heteroatoms. The number of nitro benzene ring substituents is 1. The number of allylic oxidation sites excluding steroid dienone is 1. The predicted octanol–water partition coefficient (Wildman–Crippen LogP) is 3.27. The molecule has 112 valence electrons. The average Bonchev–Trinajstić information content (AvgIpc) is 2.94. The summed E-state index contributed by atoms with van der Waals surface area (Å²) in [6, 6.07) is 2.10. The van der Waals surface area contributed by atoms with Crippen molar-refractivity contribution >= 4 is 11.6 Å². The van der Waals surface area contributed by atoms with E-state index in [1.807, 2.05) is 0 Å². The summed E-state index contributed by atoms with van der Waals surface area (Å²) in [7, 11) is 0. The molecule has 0 aliphatic heterocycles. The highest BCUT2D eigenvalue weighted by atomic mass is 19.1. The van der Waals surface area contributed by atoms with Crippen molar-refractivity contribution in [2.24, 2.45) is 0 Å². The SMILES string of the molecule is Cc1cc([N+](=O)[O-])cc(C(=O)NCCC2=CCCC2)c1F. The molecule has 0 saturated heterocycles. The van der Waals surface area contributed by atoms with E-state index in [-0.39, 0.29) is 16.8 Å². The van der Waals surface area contributed by atoms with Gasteiger partial charge in [-0.3, -0.25) is 14.9 Å². The van der Waals surface area contributed by atoms with Crippen LogP contribution < -0.4 is 5.32 Å². The number of aryl methyl sites for hydroxylation is 1. The van der Waals surface area contributed by atoms with Gasteiger partial charge in [-0.05, 0) is 38.2 Å². The van der Waals surface area contributed by atoms with Gasteiger partial charge in [0.2, 0.25) is 0 Å². The largest absolute Gasteiger partial charge is 0.352 e. The van der Waals surface area contributed by atoms with Gasteiger partial charge in [0.25, 0.3) is 11.6 Å². The minimum absolute atomic E-state index is 0.0906. The van der Waals surface area contributed by atoms with Crippen molar-refractivity contribution in [3.05, 3.63) is 50.8 Å². The van der Waals surface area contributed by atoms with Crippen LogP contribution in [0.2, 0.25) is 0 Å². The fraction of sp³-hybridized carbons (Fsp3) is 0.400. The van der Waals surface area contributed by atoms with Crippen molar-refractivity contribution in [3.8, 4) is 0 Å². The molecule has 1 aromatic carbocycles. The molecule has 0 saturated carbocycles. The highest BCUT2D eigenvalue weighted by molar-refractivity contribution is 5.95. The fourth-order valence-corrected chi connectivity index (χ4v) is 2.42. The first kappa shape index (κ1) is 15.2. The summed E-state index contributed by atoms with van der Waals surface area (Å²) in [5.74, 6) is -1.32. The summed E-state index contributed by atoms with van der Waals surface area (Å²) in [4.78, 5) is 22.1. The van der Waals surface area contributed by atoms with E-state index in [1.165, 1.54) is 12.5 Å². The zero-order valence-corrected chi connectivity index (χ0v) is 11.8. The Morgan fingerprint density at radius 3 is 2.86 bits per heavy atom. The van der Waals surface area contributed by atoms with E-state index in [1.54, 1.807) is 0 Å². The number of hydrogen-bond donors (Lipinski definition) is 1. The number of nitro groups is 1. The molecule has 1 amide bonds. The maximum Gasteiger partial charge on any atom is 0.270 e. The van der Waals surface area contributed by atoms with Crippen molar-refractivity contribution in [2.45, 2.75) is 32.6 Å². The van der Waals surface area contributed by atoms with Gasteiger partial charge in [0.1, 0.15) is 5.82 Å². The third kappa shape index (κ3) is 3.65. The number of rotatable bonds is 5. The van der Waals surface area contributed by atoms with Gasteiger partial charge in [0.15, 0.2) is 0 Å². The van der Waals surface area contributed by atoms with Crippen LogP contribution in [-0.2, 0) is 0 Å². The second kappa shape index (κ2) is 6.47. The molecule has 21 heavy (non-hydrogen) atoms. The Bertz CT molecular complexity index is 611. The summed E-state index contributed by atoms with van der Waals surface area (Å²) in [5, 5.41) is 13.4. The molecule has 0 heterocycles. The number of hydrogen-bond acceptors (Lipinski definition) is 3. The lowest BCUT2D eigenvalue weighted by Crippen LogP contribution is -2.26. The molecule has 0 fully saturated rings. The van der Waals surface area contributed by atoms with E-state index >= 15 is 0 Å². The third-order valence-corrected chi connectivity index (χ3v) is 3.56. The monoisotopic (exact) mass is 292 g/mol. The van der Waals surface area contributed by atoms with E-state index < -0.39 is 16.6 Å². The highest BCUT2D eigenvalue weighted by Crippen LogP contribution is 2.22. The first-order chi connectivity index (χ1) is 9.99. The summed E-state index contributed by atoms with van der Waals surface area (Å²) in [6.45, 7) is 1.81. The van der Waals surface area contributed by atoms with Crippen LogP contribution in [0.4, 0.5) is 10.1 Å². The number of nitrogens with zero attached hydrogens (tertiary/aromatic N) is 1. The molecule has 0 spiro atoms. The van der Waals surface area contributed by atoms with Crippen LogP contribution >= 0.6 is 0 Å². The Kier molecular flexibility index (Phi) is 4.67. The molecule has 0 radical (unpaired) electrons. The van der Waals surface area contributed by atoms with Crippen LogP contribution in [0.25, 0.3) is 0 Å². The number of nitrogens with one attached hydrogen (secondary N) is 1. The van der Waals surface area contributed by atoms with Crippen molar-refractivity contribution in [3.63, 3.8) is 0 Å². The van der Waals surface area contributed by atoms with Gasteiger partial charge in [-0.25, -0.2) is 4.39 Å². The van der Waals surface area contributed by atoms with Crippen LogP contribution in [0.1, 0.15) is 41.6 Å². The molecular weight excluding hydrogens is 275 g/mol. The Morgan fingerprint density at radius 1 is 1.48 bits per heavy atom. The average molecular weight is 292 g/mol. The molecule has 1 aromatic rings. The molecule has 0 aromatic heterocycles. The number of carbonyl (C=O) groups excluding carboxylic acids is 1. The minimum Gasteiger partial charge on any atom is -0.352 e. The maximum absolute atomic E-state index is 13.9. The molecule has 0 atom stereocenters. The van der Waals surface area contributed by atoms with Crippen molar-refractivity contribution in [2.75, 3.05) is 6.54 Å². The molecule has 2 rings (SSSR count). The number of non-ortho nitro benzene ring substituents is 1. The number of amides is 1. The van der Waals surface area contributed by atoms with Gasteiger partial charge < -0.3 is 5.32 Å². The van der Waals surface area contributed by atoms with Crippen LogP contribution in [0, 0.1) is 22.9 Å². The topological polar surface area (TPSA) is 72.2 Å². The fourth-order valence-electron chi connectivity index (χ4n) is 2.42. The number of halogens is 1. The molecule has 5 nitrogen and oxygen atoms in total. The van der Waals surface area contributed by atoms with Gasteiger partial charge in [-0.2, -0.15) is 0 Å². The predicted molar refractivity (Wildman–Crippen MR) is 76.7 cm³/mol. The van der Waals surface area contributed by atoms with Gasteiger partial charge in [0.05, 0.1) is 10.5 Å². The molecule has 1 aliphatic rings. The Hall–Kier alpha value is -2.24. The smallest absolute Gasteiger partial charge is 0.270 e. The number of benzene rings is 1. The Balaban J connectivity index is 2.05. The van der Waals surface area contributed by atoms with Crippen molar-refractivity contribution in [1.29, 1.82) is 0 Å². The first-order valence-corrected chi connectivity index (χ1v) is 6.89. The minimum atomic E-state index is -0.710. The molecule has 0 unspecified atom stereocenters. The Morgan fingerprint density at radius 2 is 2.24 bits per heavy atom. The lowest BCUT2D eigenvalue weighted by molar-refractivity contribution is -0.385. The highest BCUT2D eigenvalue weighted by Gasteiger charge is 2.19. The van der Waals surface area contributed by atoms with E-state index in [0.717, 1.165) is 37.8 Å². The maximum atomic E-state index is 13.9. The van der Waals surface area contributed by atoms with Crippen molar-refractivity contribution < 1.29 is 14.1 Å². The lowest BCUT2D eigenvalue weighted by atomic mass is 10.1. The summed E-state index contributed by atoms with van der Waals surface area (Å²) >= 11 is 0. The van der Waals surface area contributed by atoms with Gasteiger partial charge in [0, 0.05) is 18.7 Å². The van der Waals surface area contributed by atoms with E-state index in [9.17, 15) is 19.3 Å².